The molecule has 0 saturated heterocycles. The lowest BCUT2D eigenvalue weighted by atomic mass is 10.2. The lowest BCUT2D eigenvalue weighted by Gasteiger charge is -2.13. The van der Waals surface area contributed by atoms with Gasteiger partial charge in [0.2, 0.25) is 0 Å². The van der Waals surface area contributed by atoms with E-state index in [2.05, 4.69) is 41.4 Å². The van der Waals surface area contributed by atoms with Crippen molar-refractivity contribution in [2.45, 2.75) is 6.92 Å². The van der Waals surface area contributed by atoms with Gasteiger partial charge in [0.15, 0.2) is 0 Å². The van der Waals surface area contributed by atoms with Crippen LogP contribution >= 0.6 is 11.5 Å². The van der Waals surface area contributed by atoms with E-state index in [4.69, 9.17) is 0 Å². The Labute approximate surface area is 82.0 Å². The molecule has 13 heavy (non-hydrogen) atoms. The zero-order chi connectivity index (χ0) is 9.26. The van der Waals surface area contributed by atoms with Crippen LogP contribution in [0, 0.1) is 0 Å². The van der Waals surface area contributed by atoms with Gasteiger partial charge in [0.05, 0.1) is 5.52 Å². The van der Waals surface area contributed by atoms with Crippen molar-refractivity contribution < 1.29 is 0 Å². The van der Waals surface area contributed by atoms with Gasteiger partial charge in [-0.05, 0) is 30.6 Å². The number of fused-ring (bicyclic) bond motifs is 1. The average molecular weight is 192 g/mol. The van der Waals surface area contributed by atoms with Gasteiger partial charge in [0.1, 0.15) is 5.00 Å². The highest BCUT2D eigenvalue weighted by Crippen LogP contribution is 2.29. The van der Waals surface area contributed by atoms with Crippen molar-refractivity contribution in [1.82, 2.24) is 4.37 Å². The first-order valence-corrected chi connectivity index (χ1v) is 5.16. The summed E-state index contributed by atoms with van der Waals surface area (Å²) in [5.74, 6) is 0. The summed E-state index contributed by atoms with van der Waals surface area (Å²) >= 11 is 1.57. The second kappa shape index (κ2) is 3.34. The van der Waals surface area contributed by atoms with Crippen LogP contribution in [0.25, 0.3) is 10.9 Å². The molecule has 1 aromatic heterocycles. The molecule has 0 aliphatic heterocycles. The van der Waals surface area contributed by atoms with Crippen molar-refractivity contribution in [3.05, 3.63) is 24.3 Å². The predicted molar refractivity (Wildman–Crippen MR) is 58.6 cm³/mol. The predicted octanol–water partition coefficient (Wildman–Crippen LogP) is 2.75. The van der Waals surface area contributed by atoms with Crippen LogP contribution < -0.4 is 4.90 Å². The largest absolute Gasteiger partial charge is 0.365 e. The summed E-state index contributed by atoms with van der Waals surface area (Å²) in [5, 5.41) is 2.52. The summed E-state index contributed by atoms with van der Waals surface area (Å²) in [6.07, 6.45) is 0. The third-order valence-electron chi connectivity index (χ3n) is 2.19. The van der Waals surface area contributed by atoms with Gasteiger partial charge in [-0.25, -0.2) is 0 Å². The lowest BCUT2D eigenvalue weighted by Crippen LogP contribution is -2.14. The fourth-order valence-corrected chi connectivity index (χ4v) is 2.18. The van der Waals surface area contributed by atoms with Crippen molar-refractivity contribution in [1.29, 1.82) is 0 Å². The first-order valence-electron chi connectivity index (χ1n) is 4.38. The molecule has 0 saturated carbocycles. The van der Waals surface area contributed by atoms with Crippen LogP contribution in [0.4, 0.5) is 5.00 Å². The molecule has 1 heterocycles. The van der Waals surface area contributed by atoms with Gasteiger partial charge < -0.3 is 4.90 Å². The van der Waals surface area contributed by atoms with Crippen LogP contribution in [0.3, 0.4) is 0 Å². The number of hydrogen-bond acceptors (Lipinski definition) is 3. The maximum atomic E-state index is 4.39. The standard InChI is InChI=1S/C10H12N2S/c1-3-12(2)10-8-6-4-5-7-9(8)11-13-10/h4-7H,3H2,1-2H3. The summed E-state index contributed by atoms with van der Waals surface area (Å²) in [6.45, 7) is 3.17. The highest BCUT2D eigenvalue weighted by molar-refractivity contribution is 7.11. The molecule has 0 aliphatic carbocycles. The third-order valence-corrected chi connectivity index (χ3v) is 3.18. The first-order chi connectivity index (χ1) is 6.33. The minimum Gasteiger partial charge on any atom is -0.365 e. The molecule has 0 N–H and O–H groups in total. The van der Waals surface area contributed by atoms with Gasteiger partial charge >= 0.3 is 0 Å². The minimum atomic E-state index is 1.02. The van der Waals surface area contributed by atoms with Crippen LogP contribution in [-0.4, -0.2) is 18.0 Å². The van der Waals surface area contributed by atoms with Crippen molar-refractivity contribution in [2.75, 3.05) is 18.5 Å². The van der Waals surface area contributed by atoms with Crippen LogP contribution in [0.1, 0.15) is 6.92 Å². The molecule has 0 radical (unpaired) electrons. The lowest BCUT2D eigenvalue weighted by molar-refractivity contribution is 0.986. The summed E-state index contributed by atoms with van der Waals surface area (Å²) in [5.41, 5.74) is 1.10. The number of benzene rings is 1. The molecule has 0 unspecified atom stereocenters. The van der Waals surface area contributed by atoms with Gasteiger partial charge in [0, 0.05) is 19.0 Å². The third kappa shape index (κ3) is 1.40. The van der Waals surface area contributed by atoms with Crippen molar-refractivity contribution >= 4 is 27.4 Å². The quantitative estimate of drug-likeness (QED) is 0.727. The van der Waals surface area contributed by atoms with E-state index in [1.807, 2.05) is 6.07 Å². The fourth-order valence-electron chi connectivity index (χ4n) is 1.29. The van der Waals surface area contributed by atoms with Gasteiger partial charge in [0.25, 0.3) is 0 Å². The van der Waals surface area contributed by atoms with Crippen molar-refractivity contribution in [2.24, 2.45) is 0 Å². The Balaban J connectivity index is 2.57. The Bertz CT molecular complexity index is 408. The molecule has 68 valence electrons. The topological polar surface area (TPSA) is 16.1 Å². The Morgan fingerprint density at radius 3 is 2.92 bits per heavy atom. The van der Waals surface area contributed by atoms with E-state index in [1.54, 1.807) is 11.5 Å². The molecule has 0 bridgehead atoms. The maximum Gasteiger partial charge on any atom is 0.119 e. The highest BCUT2D eigenvalue weighted by atomic mass is 32.1. The summed E-state index contributed by atoms with van der Waals surface area (Å²) in [7, 11) is 2.10. The summed E-state index contributed by atoms with van der Waals surface area (Å²) in [4.78, 5) is 2.22. The Hall–Kier alpha value is -1.09. The molecule has 0 atom stereocenters. The second-order valence-electron chi connectivity index (χ2n) is 3.02. The zero-order valence-electron chi connectivity index (χ0n) is 7.82. The molecule has 2 rings (SSSR count). The van der Waals surface area contributed by atoms with E-state index in [9.17, 15) is 0 Å². The van der Waals surface area contributed by atoms with E-state index >= 15 is 0 Å². The zero-order valence-corrected chi connectivity index (χ0v) is 8.64. The van der Waals surface area contributed by atoms with E-state index in [0.29, 0.717) is 0 Å². The normalized spacial score (nSPS) is 10.6. The number of rotatable bonds is 2. The van der Waals surface area contributed by atoms with Crippen LogP contribution in [0.5, 0.6) is 0 Å². The van der Waals surface area contributed by atoms with E-state index < -0.39 is 0 Å². The molecule has 2 aromatic rings. The monoisotopic (exact) mass is 192 g/mol. The van der Waals surface area contributed by atoms with Crippen LogP contribution in [0.15, 0.2) is 24.3 Å². The summed E-state index contributed by atoms with van der Waals surface area (Å²) < 4.78 is 4.39. The number of anilines is 1. The summed E-state index contributed by atoms with van der Waals surface area (Å²) in [6, 6.07) is 8.26. The van der Waals surface area contributed by atoms with E-state index in [1.165, 1.54) is 10.4 Å². The Morgan fingerprint density at radius 1 is 1.38 bits per heavy atom. The maximum absolute atomic E-state index is 4.39. The number of aromatic nitrogens is 1. The molecule has 2 nitrogen and oxygen atoms in total. The first kappa shape index (κ1) is 8.51. The minimum absolute atomic E-state index is 1.02. The molecule has 3 heteroatoms. The Kier molecular flexibility index (Phi) is 2.19. The SMILES string of the molecule is CCN(C)c1snc2ccccc12. The molecule has 1 aromatic carbocycles. The molecular weight excluding hydrogens is 180 g/mol. The Morgan fingerprint density at radius 2 is 2.15 bits per heavy atom. The fraction of sp³-hybridized carbons (Fsp3) is 0.300. The average Bonchev–Trinajstić information content (AvgIpc) is 2.60. The molecular formula is C10H12N2S. The van der Waals surface area contributed by atoms with Gasteiger partial charge in [-0.1, -0.05) is 12.1 Å². The van der Waals surface area contributed by atoms with Gasteiger partial charge in [-0.15, -0.1) is 0 Å². The number of hydrogen-bond donors (Lipinski definition) is 0. The van der Waals surface area contributed by atoms with Crippen LogP contribution in [-0.2, 0) is 0 Å². The molecule has 0 fully saturated rings. The molecule has 0 aliphatic rings. The van der Waals surface area contributed by atoms with Crippen molar-refractivity contribution in [3.63, 3.8) is 0 Å². The molecule has 0 amide bonds. The second-order valence-corrected chi connectivity index (χ2v) is 3.77. The van der Waals surface area contributed by atoms with Crippen LogP contribution in [0.2, 0.25) is 0 Å². The smallest absolute Gasteiger partial charge is 0.119 e. The highest BCUT2D eigenvalue weighted by Gasteiger charge is 2.07. The van der Waals surface area contributed by atoms with Gasteiger partial charge in [-0.3, -0.25) is 0 Å². The van der Waals surface area contributed by atoms with E-state index in [-0.39, 0.29) is 0 Å². The van der Waals surface area contributed by atoms with Crippen molar-refractivity contribution in [3.8, 4) is 0 Å². The van der Waals surface area contributed by atoms with E-state index in [0.717, 1.165) is 12.1 Å². The van der Waals surface area contributed by atoms with Gasteiger partial charge in [-0.2, -0.15) is 4.37 Å². The molecule has 0 spiro atoms. The number of nitrogens with zero attached hydrogens (tertiary/aromatic N) is 2.